The van der Waals surface area contributed by atoms with E-state index in [0.29, 0.717) is 11.3 Å². The third-order valence-corrected chi connectivity index (χ3v) is 4.24. The normalized spacial score (nSPS) is 10.5. The van der Waals surface area contributed by atoms with Gasteiger partial charge in [-0.25, -0.2) is 0 Å². The third kappa shape index (κ3) is 5.54. The number of halogens is 1. The van der Waals surface area contributed by atoms with Gasteiger partial charge in [-0.1, -0.05) is 22.0 Å². The summed E-state index contributed by atoms with van der Waals surface area (Å²) in [7, 11) is 0. The van der Waals surface area contributed by atoms with Gasteiger partial charge in [0.1, 0.15) is 5.75 Å². The highest BCUT2D eigenvalue weighted by Crippen LogP contribution is 2.24. The first kappa shape index (κ1) is 19.4. The Morgan fingerprint density at radius 3 is 2.48 bits per heavy atom. The van der Waals surface area contributed by atoms with E-state index in [2.05, 4.69) is 26.6 Å². The molecule has 25 heavy (non-hydrogen) atoms. The van der Waals surface area contributed by atoms with E-state index in [1.165, 1.54) is 5.56 Å². The standard InChI is InChI=1S/C19H21BrN2O2S/c1-11(2)24-17-8-6-14(20)10-16(17)18(23)22-19(25)21-15-7-5-12(3)13(4)9-15/h5-11H,1-4H3,(H2,21,22,23,25). The van der Waals surface area contributed by atoms with Crippen LogP contribution in [0.25, 0.3) is 0 Å². The predicted octanol–water partition coefficient (Wildman–Crippen LogP) is 4.98. The van der Waals surface area contributed by atoms with Gasteiger partial charge >= 0.3 is 0 Å². The monoisotopic (exact) mass is 420 g/mol. The molecule has 0 aliphatic carbocycles. The number of benzene rings is 2. The van der Waals surface area contributed by atoms with Gasteiger partial charge in [0.15, 0.2) is 5.11 Å². The topological polar surface area (TPSA) is 50.4 Å². The van der Waals surface area contributed by atoms with Crippen molar-refractivity contribution in [2.45, 2.75) is 33.8 Å². The summed E-state index contributed by atoms with van der Waals surface area (Å²) in [5, 5.41) is 5.97. The van der Waals surface area contributed by atoms with E-state index in [9.17, 15) is 4.79 Å². The molecule has 2 aromatic rings. The van der Waals surface area contributed by atoms with Gasteiger partial charge in [-0.05, 0) is 81.4 Å². The van der Waals surface area contributed by atoms with E-state index in [1.54, 1.807) is 12.1 Å². The molecule has 4 nitrogen and oxygen atoms in total. The van der Waals surface area contributed by atoms with Crippen molar-refractivity contribution in [3.05, 3.63) is 57.6 Å². The number of nitrogens with one attached hydrogen (secondary N) is 2. The summed E-state index contributed by atoms with van der Waals surface area (Å²) >= 11 is 8.64. The van der Waals surface area contributed by atoms with Crippen LogP contribution in [-0.4, -0.2) is 17.1 Å². The van der Waals surface area contributed by atoms with Gasteiger partial charge in [0.25, 0.3) is 5.91 Å². The van der Waals surface area contributed by atoms with E-state index in [4.69, 9.17) is 17.0 Å². The first-order valence-electron chi connectivity index (χ1n) is 7.92. The molecule has 0 aromatic heterocycles. The second-order valence-electron chi connectivity index (χ2n) is 6.01. The van der Waals surface area contributed by atoms with Gasteiger partial charge in [-0.3, -0.25) is 10.1 Å². The Balaban J connectivity index is 2.11. The van der Waals surface area contributed by atoms with Crippen molar-refractivity contribution in [1.29, 1.82) is 0 Å². The average molecular weight is 421 g/mol. The number of rotatable bonds is 4. The van der Waals surface area contributed by atoms with Crippen molar-refractivity contribution in [3.63, 3.8) is 0 Å². The maximum atomic E-state index is 12.6. The van der Waals surface area contributed by atoms with E-state index >= 15 is 0 Å². The number of amides is 1. The minimum Gasteiger partial charge on any atom is -0.490 e. The number of hydrogen-bond acceptors (Lipinski definition) is 3. The van der Waals surface area contributed by atoms with Crippen LogP contribution in [0.3, 0.4) is 0 Å². The average Bonchev–Trinajstić information content (AvgIpc) is 2.52. The minimum atomic E-state index is -0.321. The fraction of sp³-hybridized carbons (Fsp3) is 0.263. The van der Waals surface area contributed by atoms with Crippen LogP contribution in [-0.2, 0) is 0 Å². The molecule has 0 saturated heterocycles. The molecule has 132 valence electrons. The quantitative estimate of drug-likeness (QED) is 0.684. The first-order valence-corrected chi connectivity index (χ1v) is 9.12. The van der Waals surface area contributed by atoms with Crippen molar-refractivity contribution in [2.24, 2.45) is 0 Å². The Kier molecular flexibility index (Phi) is 6.56. The summed E-state index contributed by atoms with van der Waals surface area (Å²) in [6, 6.07) is 11.2. The Labute approximate surface area is 162 Å². The van der Waals surface area contributed by atoms with Gasteiger partial charge in [-0.2, -0.15) is 0 Å². The molecule has 0 spiro atoms. The number of hydrogen-bond donors (Lipinski definition) is 2. The van der Waals surface area contributed by atoms with Crippen molar-refractivity contribution < 1.29 is 9.53 Å². The predicted molar refractivity (Wildman–Crippen MR) is 110 cm³/mol. The molecule has 0 radical (unpaired) electrons. The van der Waals surface area contributed by atoms with Crippen LogP contribution in [0.4, 0.5) is 5.69 Å². The van der Waals surface area contributed by atoms with Crippen molar-refractivity contribution in [1.82, 2.24) is 5.32 Å². The van der Waals surface area contributed by atoms with Gasteiger partial charge in [0.05, 0.1) is 11.7 Å². The second-order valence-corrected chi connectivity index (χ2v) is 7.34. The van der Waals surface area contributed by atoms with Crippen LogP contribution in [0.1, 0.15) is 35.3 Å². The summed E-state index contributed by atoms with van der Waals surface area (Å²) in [5.41, 5.74) is 3.61. The molecule has 0 atom stereocenters. The molecule has 0 unspecified atom stereocenters. The molecular formula is C19H21BrN2O2S. The number of ether oxygens (including phenoxy) is 1. The van der Waals surface area contributed by atoms with Crippen molar-refractivity contribution >= 4 is 44.9 Å². The number of carbonyl (C=O) groups is 1. The van der Waals surface area contributed by atoms with Gasteiger partial charge in [-0.15, -0.1) is 0 Å². The Morgan fingerprint density at radius 2 is 1.84 bits per heavy atom. The highest BCUT2D eigenvalue weighted by atomic mass is 79.9. The lowest BCUT2D eigenvalue weighted by Crippen LogP contribution is -2.34. The van der Waals surface area contributed by atoms with Crippen molar-refractivity contribution in [2.75, 3.05) is 5.32 Å². The maximum Gasteiger partial charge on any atom is 0.261 e. The van der Waals surface area contributed by atoms with E-state index in [1.807, 2.05) is 52.0 Å². The zero-order valence-corrected chi connectivity index (χ0v) is 17.0. The van der Waals surface area contributed by atoms with E-state index in [0.717, 1.165) is 15.7 Å². The highest BCUT2D eigenvalue weighted by molar-refractivity contribution is 9.10. The van der Waals surface area contributed by atoms with Crippen LogP contribution in [0.15, 0.2) is 40.9 Å². The summed E-state index contributed by atoms with van der Waals surface area (Å²) in [6.07, 6.45) is -0.0339. The lowest BCUT2D eigenvalue weighted by atomic mass is 10.1. The maximum absolute atomic E-state index is 12.6. The summed E-state index contributed by atoms with van der Waals surface area (Å²) in [5.74, 6) is 0.197. The molecule has 0 fully saturated rings. The largest absolute Gasteiger partial charge is 0.490 e. The van der Waals surface area contributed by atoms with Gasteiger partial charge < -0.3 is 10.1 Å². The fourth-order valence-corrected chi connectivity index (χ4v) is 2.76. The van der Waals surface area contributed by atoms with Crippen LogP contribution < -0.4 is 15.4 Å². The molecule has 2 N–H and O–H groups in total. The molecule has 0 aliphatic heterocycles. The Hall–Kier alpha value is -1.92. The molecule has 0 bridgehead atoms. The number of thiocarbonyl (C=S) groups is 1. The van der Waals surface area contributed by atoms with E-state index < -0.39 is 0 Å². The summed E-state index contributed by atoms with van der Waals surface area (Å²) < 4.78 is 6.50. The van der Waals surface area contributed by atoms with Crippen LogP contribution in [0.2, 0.25) is 0 Å². The number of aryl methyl sites for hydroxylation is 2. The number of anilines is 1. The summed E-state index contributed by atoms with van der Waals surface area (Å²) in [4.78, 5) is 12.6. The molecule has 2 aromatic carbocycles. The minimum absolute atomic E-state index is 0.0339. The second kappa shape index (κ2) is 8.45. The van der Waals surface area contributed by atoms with Crippen LogP contribution >= 0.6 is 28.1 Å². The molecule has 0 aliphatic rings. The SMILES string of the molecule is Cc1ccc(NC(=S)NC(=O)c2cc(Br)ccc2OC(C)C)cc1C. The molecule has 1 amide bonds. The zero-order valence-electron chi connectivity index (χ0n) is 14.6. The van der Waals surface area contributed by atoms with Crippen molar-refractivity contribution in [3.8, 4) is 5.75 Å². The van der Waals surface area contributed by atoms with E-state index in [-0.39, 0.29) is 17.1 Å². The Bertz CT molecular complexity index is 806. The molecule has 0 saturated carbocycles. The first-order chi connectivity index (χ1) is 11.8. The lowest BCUT2D eigenvalue weighted by Gasteiger charge is -2.15. The Morgan fingerprint density at radius 1 is 1.12 bits per heavy atom. The fourth-order valence-electron chi connectivity index (χ4n) is 2.19. The molecular weight excluding hydrogens is 400 g/mol. The third-order valence-electron chi connectivity index (χ3n) is 3.54. The molecule has 6 heteroatoms. The molecule has 2 rings (SSSR count). The lowest BCUT2D eigenvalue weighted by molar-refractivity contribution is 0.0972. The van der Waals surface area contributed by atoms with Gasteiger partial charge in [0.2, 0.25) is 0 Å². The number of carbonyl (C=O) groups excluding carboxylic acids is 1. The van der Waals surface area contributed by atoms with Crippen LogP contribution in [0, 0.1) is 13.8 Å². The smallest absolute Gasteiger partial charge is 0.261 e. The van der Waals surface area contributed by atoms with Gasteiger partial charge in [0, 0.05) is 10.2 Å². The highest BCUT2D eigenvalue weighted by Gasteiger charge is 2.15. The molecule has 0 heterocycles. The zero-order chi connectivity index (χ0) is 18.6. The van der Waals surface area contributed by atoms with Crippen LogP contribution in [0.5, 0.6) is 5.75 Å². The summed E-state index contributed by atoms with van der Waals surface area (Å²) in [6.45, 7) is 7.90.